The highest BCUT2D eigenvalue weighted by Gasteiger charge is 2.11. The van der Waals surface area contributed by atoms with Crippen molar-refractivity contribution in [2.75, 3.05) is 38.6 Å². The van der Waals surface area contributed by atoms with E-state index in [-0.39, 0.29) is 0 Å². The predicted molar refractivity (Wildman–Crippen MR) is 93.9 cm³/mol. The van der Waals surface area contributed by atoms with Gasteiger partial charge in [-0.3, -0.25) is 4.90 Å². The number of thioether (sulfide) groups is 1. The van der Waals surface area contributed by atoms with Crippen LogP contribution >= 0.6 is 11.8 Å². The number of aromatic nitrogens is 1. The molecule has 1 aliphatic rings. The first kappa shape index (κ1) is 15.8. The molecule has 0 unspecified atom stereocenters. The third kappa shape index (κ3) is 3.62. The maximum atomic E-state index is 5.39. The molecule has 0 amide bonds. The summed E-state index contributed by atoms with van der Waals surface area (Å²) in [7, 11) is 0. The van der Waals surface area contributed by atoms with Crippen molar-refractivity contribution in [2.45, 2.75) is 25.8 Å². The van der Waals surface area contributed by atoms with Gasteiger partial charge < -0.3 is 4.74 Å². The second-order valence-electron chi connectivity index (χ2n) is 6.06. The van der Waals surface area contributed by atoms with Crippen LogP contribution in [0.4, 0.5) is 0 Å². The summed E-state index contributed by atoms with van der Waals surface area (Å²) in [6, 6.07) is 6.69. The molecule has 0 spiro atoms. The average Bonchev–Trinajstić information content (AvgIpc) is 2.50. The monoisotopic (exact) mass is 316 g/mol. The van der Waals surface area contributed by atoms with Gasteiger partial charge in [-0.15, -0.1) is 11.8 Å². The number of hydrogen-bond donors (Lipinski definition) is 0. The molecule has 0 atom stereocenters. The number of pyridine rings is 1. The highest BCUT2D eigenvalue weighted by molar-refractivity contribution is 7.99. The summed E-state index contributed by atoms with van der Waals surface area (Å²) in [6.07, 6.45) is 0. The van der Waals surface area contributed by atoms with Gasteiger partial charge in [0.25, 0.3) is 0 Å². The lowest BCUT2D eigenvalue weighted by Crippen LogP contribution is -2.37. The van der Waals surface area contributed by atoms with Crippen LogP contribution in [-0.2, 0) is 4.74 Å². The fourth-order valence-electron chi connectivity index (χ4n) is 2.99. The van der Waals surface area contributed by atoms with Gasteiger partial charge in [0.2, 0.25) is 0 Å². The van der Waals surface area contributed by atoms with Gasteiger partial charge in [0, 0.05) is 30.8 Å². The summed E-state index contributed by atoms with van der Waals surface area (Å²) in [5.74, 6) is 1.09. The Labute approximate surface area is 137 Å². The quantitative estimate of drug-likeness (QED) is 0.805. The molecule has 1 aliphatic heterocycles. The third-order valence-corrected chi connectivity index (χ3v) is 5.08. The van der Waals surface area contributed by atoms with Gasteiger partial charge in [0.15, 0.2) is 0 Å². The minimum atomic E-state index is 0.872. The van der Waals surface area contributed by atoms with E-state index in [0.29, 0.717) is 0 Å². The average molecular weight is 316 g/mol. The Bertz CT molecular complexity index is 666. The summed E-state index contributed by atoms with van der Waals surface area (Å²) < 4.78 is 5.39. The van der Waals surface area contributed by atoms with Crippen LogP contribution in [0.1, 0.15) is 16.7 Å². The Hall–Kier alpha value is -1.10. The van der Waals surface area contributed by atoms with Crippen LogP contribution in [0.5, 0.6) is 0 Å². The van der Waals surface area contributed by atoms with Crippen molar-refractivity contribution in [3.63, 3.8) is 0 Å². The van der Waals surface area contributed by atoms with Gasteiger partial charge in [-0.2, -0.15) is 0 Å². The Morgan fingerprint density at radius 1 is 1.09 bits per heavy atom. The molecule has 0 bridgehead atoms. The minimum Gasteiger partial charge on any atom is -0.379 e. The molecule has 0 N–H and O–H groups in total. The Morgan fingerprint density at radius 3 is 2.64 bits per heavy atom. The van der Waals surface area contributed by atoms with Crippen LogP contribution in [0.3, 0.4) is 0 Å². The highest BCUT2D eigenvalue weighted by Crippen LogP contribution is 2.26. The van der Waals surface area contributed by atoms with Crippen molar-refractivity contribution < 1.29 is 4.74 Å². The van der Waals surface area contributed by atoms with E-state index in [1.54, 1.807) is 0 Å². The zero-order chi connectivity index (χ0) is 15.5. The zero-order valence-corrected chi connectivity index (χ0v) is 14.5. The molecule has 2 aromatic rings. The van der Waals surface area contributed by atoms with E-state index in [4.69, 9.17) is 9.72 Å². The Kier molecular flexibility index (Phi) is 5.01. The summed E-state index contributed by atoms with van der Waals surface area (Å²) >= 11 is 1.86. The smallest absolute Gasteiger partial charge is 0.0970 e. The first-order valence-electron chi connectivity index (χ1n) is 7.95. The SMILES string of the molecule is Cc1cc(C)c2nc(SCCN3CCOCC3)cc(C)c2c1. The molecule has 22 heavy (non-hydrogen) atoms. The fourth-order valence-corrected chi connectivity index (χ4v) is 3.97. The van der Waals surface area contributed by atoms with E-state index in [1.165, 1.54) is 22.1 Å². The van der Waals surface area contributed by atoms with Crippen molar-refractivity contribution in [1.82, 2.24) is 9.88 Å². The molecule has 1 fully saturated rings. The molecule has 2 heterocycles. The van der Waals surface area contributed by atoms with Gasteiger partial charge in [-0.25, -0.2) is 4.98 Å². The summed E-state index contributed by atoms with van der Waals surface area (Å²) in [4.78, 5) is 7.35. The maximum absolute atomic E-state index is 5.39. The molecule has 4 heteroatoms. The lowest BCUT2D eigenvalue weighted by Gasteiger charge is -2.26. The number of ether oxygens (including phenoxy) is 1. The lowest BCUT2D eigenvalue weighted by atomic mass is 10.0. The second-order valence-corrected chi connectivity index (χ2v) is 7.17. The van der Waals surface area contributed by atoms with Gasteiger partial charge in [0.1, 0.15) is 0 Å². The van der Waals surface area contributed by atoms with E-state index < -0.39 is 0 Å². The molecule has 0 aliphatic carbocycles. The standard InChI is InChI=1S/C18H24N2OS/c1-13-10-15(3)18-16(11-13)14(2)12-17(19-18)22-9-6-20-4-7-21-8-5-20/h10-12H,4-9H2,1-3H3. The molecular weight excluding hydrogens is 292 g/mol. The first-order valence-corrected chi connectivity index (χ1v) is 8.93. The van der Waals surface area contributed by atoms with E-state index in [1.807, 2.05) is 11.8 Å². The van der Waals surface area contributed by atoms with Crippen molar-refractivity contribution >= 4 is 22.7 Å². The summed E-state index contributed by atoms with van der Waals surface area (Å²) in [5, 5.41) is 2.43. The number of aryl methyl sites for hydroxylation is 3. The van der Waals surface area contributed by atoms with Gasteiger partial charge in [-0.1, -0.05) is 11.6 Å². The number of fused-ring (bicyclic) bond motifs is 1. The lowest BCUT2D eigenvalue weighted by molar-refractivity contribution is 0.0410. The van der Waals surface area contributed by atoms with E-state index >= 15 is 0 Å². The van der Waals surface area contributed by atoms with Crippen molar-refractivity contribution in [1.29, 1.82) is 0 Å². The van der Waals surface area contributed by atoms with Crippen LogP contribution in [-0.4, -0.2) is 48.5 Å². The molecule has 3 nitrogen and oxygen atoms in total. The molecule has 3 rings (SSSR count). The topological polar surface area (TPSA) is 25.4 Å². The second kappa shape index (κ2) is 6.99. The molecule has 1 aromatic heterocycles. The molecule has 1 aromatic carbocycles. The number of morpholine rings is 1. The molecule has 0 radical (unpaired) electrons. The van der Waals surface area contributed by atoms with Crippen LogP contribution in [0.25, 0.3) is 10.9 Å². The van der Waals surface area contributed by atoms with Crippen LogP contribution in [0.15, 0.2) is 23.2 Å². The van der Waals surface area contributed by atoms with E-state index in [9.17, 15) is 0 Å². The van der Waals surface area contributed by atoms with Crippen molar-refractivity contribution in [2.24, 2.45) is 0 Å². The molecular formula is C18H24N2OS. The first-order chi connectivity index (χ1) is 10.6. The van der Waals surface area contributed by atoms with Crippen LogP contribution in [0, 0.1) is 20.8 Å². The number of nitrogens with zero attached hydrogens (tertiary/aromatic N) is 2. The Balaban J connectivity index is 1.71. The summed E-state index contributed by atoms with van der Waals surface area (Å²) in [6.45, 7) is 11.5. The number of benzene rings is 1. The van der Waals surface area contributed by atoms with E-state index in [0.717, 1.165) is 49.1 Å². The normalized spacial score (nSPS) is 16.3. The van der Waals surface area contributed by atoms with E-state index in [2.05, 4.69) is 43.9 Å². The summed E-state index contributed by atoms with van der Waals surface area (Å²) in [5.41, 5.74) is 5.06. The van der Waals surface area contributed by atoms with Crippen LogP contribution in [0.2, 0.25) is 0 Å². The fraction of sp³-hybridized carbons (Fsp3) is 0.500. The molecule has 118 valence electrons. The van der Waals surface area contributed by atoms with Gasteiger partial charge in [0.05, 0.1) is 23.8 Å². The molecule has 1 saturated heterocycles. The number of hydrogen-bond acceptors (Lipinski definition) is 4. The van der Waals surface area contributed by atoms with Gasteiger partial charge >= 0.3 is 0 Å². The van der Waals surface area contributed by atoms with Crippen molar-refractivity contribution in [3.8, 4) is 0 Å². The van der Waals surface area contributed by atoms with Crippen LogP contribution < -0.4 is 0 Å². The largest absolute Gasteiger partial charge is 0.379 e. The Morgan fingerprint density at radius 2 is 1.86 bits per heavy atom. The molecule has 0 saturated carbocycles. The van der Waals surface area contributed by atoms with Crippen molar-refractivity contribution in [3.05, 3.63) is 34.9 Å². The maximum Gasteiger partial charge on any atom is 0.0970 e. The minimum absolute atomic E-state index is 0.872. The number of rotatable bonds is 4. The third-order valence-electron chi connectivity index (χ3n) is 4.19. The van der Waals surface area contributed by atoms with Gasteiger partial charge in [-0.05, 0) is 44.0 Å². The predicted octanol–water partition coefficient (Wildman–Crippen LogP) is 3.58. The highest BCUT2D eigenvalue weighted by atomic mass is 32.2. The zero-order valence-electron chi connectivity index (χ0n) is 13.7.